The lowest BCUT2D eigenvalue weighted by atomic mass is 10.00. The topological polar surface area (TPSA) is 92.5 Å². The third-order valence-corrected chi connectivity index (χ3v) is 5.85. The molecule has 1 atom stereocenters. The van der Waals surface area contributed by atoms with Crippen molar-refractivity contribution >= 4 is 16.0 Å². The normalized spacial score (nSPS) is 18.6. The van der Waals surface area contributed by atoms with Crippen LogP contribution in [0.3, 0.4) is 0 Å². The smallest absolute Gasteiger partial charge is 0.313 e. The van der Waals surface area contributed by atoms with Crippen molar-refractivity contribution in [3.63, 3.8) is 0 Å². The molecule has 1 aliphatic rings. The Hall–Kier alpha value is -2.19. The first-order chi connectivity index (χ1) is 10.9. The molecule has 0 fully saturated rings. The van der Waals surface area contributed by atoms with Crippen LogP contribution in [-0.2, 0) is 27.9 Å². The average Bonchev–Trinajstić information content (AvgIpc) is 2.97. The van der Waals surface area contributed by atoms with Gasteiger partial charge >= 0.3 is 5.97 Å². The Kier molecular flexibility index (Phi) is 3.95. The standard InChI is InChI=1S/C15H17N3O4S/c1-2-17-10-16-13-9-18(8-12(14(13)17)15(19)20)23(21,22)11-6-4-3-5-7-11/h3-7,10,12H,2,8-9H2,1H3,(H,19,20). The van der Waals surface area contributed by atoms with E-state index in [1.807, 2.05) is 6.92 Å². The Bertz CT molecular complexity index is 830. The second kappa shape index (κ2) is 5.78. The molecule has 1 unspecified atom stereocenters. The van der Waals surface area contributed by atoms with Gasteiger partial charge in [-0.3, -0.25) is 4.79 Å². The maximum absolute atomic E-state index is 12.7. The van der Waals surface area contributed by atoms with Gasteiger partial charge in [0, 0.05) is 13.1 Å². The first-order valence-corrected chi connectivity index (χ1v) is 8.71. The number of sulfonamides is 1. The summed E-state index contributed by atoms with van der Waals surface area (Å²) >= 11 is 0. The number of fused-ring (bicyclic) bond motifs is 1. The molecule has 0 aliphatic carbocycles. The molecule has 122 valence electrons. The highest BCUT2D eigenvalue weighted by Gasteiger charge is 2.39. The van der Waals surface area contributed by atoms with Gasteiger partial charge in [0.05, 0.1) is 29.2 Å². The van der Waals surface area contributed by atoms with Crippen molar-refractivity contribution < 1.29 is 18.3 Å². The van der Waals surface area contributed by atoms with Crippen molar-refractivity contribution in [1.29, 1.82) is 0 Å². The number of nitrogens with zero attached hydrogens (tertiary/aromatic N) is 3. The van der Waals surface area contributed by atoms with Crippen LogP contribution < -0.4 is 0 Å². The Morgan fingerprint density at radius 1 is 1.35 bits per heavy atom. The lowest BCUT2D eigenvalue weighted by Crippen LogP contribution is -2.41. The molecule has 0 saturated carbocycles. The second-order valence-corrected chi connectivity index (χ2v) is 7.30. The summed E-state index contributed by atoms with van der Waals surface area (Å²) in [6.45, 7) is 2.49. The Balaban J connectivity index is 2.03. The van der Waals surface area contributed by atoms with E-state index in [-0.39, 0.29) is 18.0 Å². The Morgan fingerprint density at radius 3 is 2.65 bits per heavy atom. The minimum atomic E-state index is -3.75. The molecule has 1 aliphatic heterocycles. The first-order valence-electron chi connectivity index (χ1n) is 7.27. The van der Waals surface area contributed by atoms with Gasteiger partial charge in [-0.1, -0.05) is 18.2 Å². The fourth-order valence-electron chi connectivity index (χ4n) is 2.85. The van der Waals surface area contributed by atoms with Gasteiger partial charge in [-0.05, 0) is 19.1 Å². The minimum absolute atomic E-state index is 0.0866. The third kappa shape index (κ3) is 2.64. The van der Waals surface area contributed by atoms with Crippen molar-refractivity contribution in [2.75, 3.05) is 6.54 Å². The number of carbonyl (C=O) groups is 1. The Morgan fingerprint density at radius 2 is 2.04 bits per heavy atom. The summed E-state index contributed by atoms with van der Waals surface area (Å²) in [6, 6.07) is 8.03. The van der Waals surface area contributed by atoms with E-state index in [0.29, 0.717) is 17.9 Å². The lowest BCUT2D eigenvalue weighted by Gasteiger charge is -2.30. The van der Waals surface area contributed by atoms with Gasteiger partial charge in [-0.2, -0.15) is 4.31 Å². The predicted octanol–water partition coefficient (Wildman–Crippen LogP) is 1.28. The SMILES string of the molecule is CCn1cnc2c1C(C(=O)O)CN(S(=O)(=O)c1ccccc1)C2. The zero-order chi connectivity index (χ0) is 16.6. The molecule has 2 heterocycles. The molecule has 7 nitrogen and oxygen atoms in total. The van der Waals surface area contributed by atoms with Crippen molar-refractivity contribution in [3.05, 3.63) is 48.0 Å². The molecule has 0 bridgehead atoms. The number of carboxylic acids is 1. The van der Waals surface area contributed by atoms with Crippen LogP contribution in [0.25, 0.3) is 0 Å². The number of imidazole rings is 1. The van der Waals surface area contributed by atoms with E-state index in [1.54, 1.807) is 29.1 Å². The second-order valence-electron chi connectivity index (χ2n) is 5.36. The van der Waals surface area contributed by atoms with Crippen molar-refractivity contribution in [2.24, 2.45) is 0 Å². The molecule has 3 rings (SSSR count). The fraction of sp³-hybridized carbons (Fsp3) is 0.333. The Labute approximate surface area is 134 Å². The van der Waals surface area contributed by atoms with E-state index >= 15 is 0 Å². The number of rotatable bonds is 4. The molecule has 0 amide bonds. The molecular formula is C15H17N3O4S. The van der Waals surface area contributed by atoms with Gasteiger partial charge < -0.3 is 9.67 Å². The van der Waals surface area contributed by atoms with Gasteiger partial charge in [0.25, 0.3) is 0 Å². The zero-order valence-electron chi connectivity index (χ0n) is 12.6. The number of benzene rings is 1. The highest BCUT2D eigenvalue weighted by atomic mass is 32.2. The minimum Gasteiger partial charge on any atom is -0.481 e. The van der Waals surface area contributed by atoms with E-state index in [0.717, 1.165) is 0 Å². The van der Waals surface area contributed by atoms with Crippen molar-refractivity contribution in [3.8, 4) is 0 Å². The quantitative estimate of drug-likeness (QED) is 0.908. The molecular weight excluding hydrogens is 318 g/mol. The summed E-state index contributed by atoms with van der Waals surface area (Å²) in [4.78, 5) is 16.0. The number of aromatic nitrogens is 2. The largest absolute Gasteiger partial charge is 0.481 e. The van der Waals surface area contributed by atoms with Crippen LogP contribution in [0.2, 0.25) is 0 Å². The molecule has 1 N–H and O–H groups in total. The maximum atomic E-state index is 12.7. The fourth-order valence-corrected chi connectivity index (χ4v) is 4.29. The van der Waals surface area contributed by atoms with E-state index in [4.69, 9.17) is 0 Å². The molecule has 0 saturated heterocycles. The van der Waals surface area contributed by atoms with Gasteiger partial charge in [-0.15, -0.1) is 0 Å². The first kappa shape index (κ1) is 15.7. The predicted molar refractivity (Wildman–Crippen MR) is 82.3 cm³/mol. The lowest BCUT2D eigenvalue weighted by molar-refractivity contribution is -0.139. The number of aliphatic carboxylic acids is 1. The third-order valence-electron chi connectivity index (χ3n) is 4.02. The number of carboxylic acid groups (broad SMARTS) is 1. The number of aryl methyl sites for hydroxylation is 1. The highest BCUT2D eigenvalue weighted by Crippen LogP contribution is 2.31. The highest BCUT2D eigenvalue weighted by molar-refractivity contribution is 7.89. The van der Waals surface area contributed by atoms with Crippen LogP contribution in [0.4, 0.5) is 0 Å². The van der Waals surface area contributed by atoms with Crippen LogP contribution in [0.5, 0.6) is 0 Å². The van der Waals surface area contributed by atoms with E-state index in [9.17, 15) is 18.3 Å². The summed E-state index contributed by atoms with van der Waals surface area (Å²) in [5.41, 5.74) is 1.10. The van der Waals surface area contributed by atoms with E-state index in [1.165, 1.54) is 16.4 Å². The molecule has 0 radical (unpaired) electrons. The summed E-state index contributed by atoms with van der Waals surface area (Å²) in [6.07, 6.45) is 1.57. The summed E-state index contributed by atoms with van der Waals surface area (Å²) in [5, 5.41) is 9.51. The van der Waals surface area contributed by atoms with Crippen LogP contribution in [0.1, 0.15) is 24.2 Å². The van der Waals surface area contributed by atoms with Crippen LogP contribution in [-0.4, -0.2) is 39.9 Å². The van der Waals surface area contributed by atoms with E-state index in [2.05, 4.69) is 4.98 Å². The summed E-state index contributed by atoms with van der Waals surface area (Å²) in [5.74, 6) is -1.96. The summed E-state index contributed by atoms with van der Waals surface area (Å²) in [7, 11) is -3.75. The van der Waals surface area contributed by atoms with Gasteiger partial charge in [0.15, 0.2) is 0 Å². The number of hydrogen-bond acceptors (Lipinski definition) is 4. The maximum Gasteiger partial charge on any atom is 0.313 e. The van der Waals surface area contributed by atoms with Gasteiger partial charge in [-0.25, -0.2) is 13.4 Å². The van der Waals surface area contributed by atoms with Gasteiger partial charge in [0.1, 0.15) is 5.92 Å². The zero-order valence-corrected chi connectivity index (χ0v) is 13.4. The number of hydrogen-bond donors (Lipinski definition) is 1. The molecule has 1 aromatic heterocycles. The average molecular weight is 335 g/mol. The summed E-state index contributed by atoms with van der Waals surface area (Å²) < 4.78 is 28.4. The van der Waals surface area contributed by atoms with Crippen LogP contribution >= 0.6 is 0 Å². The van der Waals surface area contributed by atoms with Crippen molar-refractivity contribution in [1.82, 2.24) is 13.9 Å². The van der Waals surface area contributed by atoms with E-state index < -0.39 is 21.9 Å². The molecule has 1 aromatic carbocycles. The van der Waals surface area contributed by atoms with Crippen LogP contribution in [0.15, 0.2) is 41.6 Å². The molecule has 23 heavy (non-hydrogen) atoms. The molecule has 2 aromatic rings. The monoisotopic (exact) mass is 335 g/mol. The molecule has 0 spiro atoms. The van der Waals surface area contributed by atoms with Crippen molar-refractivity contribution in [2.45, 2.75) is 30.8 Å². The van der Waals surface area contributed by atoms with Crippen LogP contribution in [0, 0.1) is 0 Å². The van der Waals surface area contributed by atoms with Gasteiger partial charge in [0.2, 0.25) is 10.0 Å². The molecule has 8 heteroatoms.